The van der Waals surface area contributed by atoms with Crippen LogP contribution in [0.4, 0.5) is 0 Å². The minimum absolute atomic E-state index is 0.240. The molecule has 0 aliphatic rings. The summed E-state index contributed by atoms with van der Waals surface area (Å²) in [6, 6.07) is 11.0. The molecule has 0 amide bonds. The Morgan fingerprint density at radius 1 is 1.07 bits per heavy atom. The van der Waals surface area contributed by atoms with E-state index in [4.69, 9.17) is 9.47 Å². The van der Waals surface area contributed by atoms with Gasteiger partial charge in [-0.25, -0.2) is 4.98 Å². The topological polar surface area (TPSA) is 97.3 Å². The van der Waals surface area contributed by atoms with Gasteiger partial charge in [-0.2, -0.15) is 0 Å². The molecule has 0 fully saturated rings. The molecule has 0 saturated heterocycles. The number of pyridine rings is 1. The van der Waals surface area contributed by atoms with Crippen molar-refractivity contribution in [3.8, 4) is 11.5 Å². The standard InChI is InChI=1S/C22H21N3O4/c1-12(26)14-4-5-17-15(8-14)6-13(11-23-17)7-21-24-18-10-20(29-3)19(28-2)9-16(18)22(27)25-21/h4-6,8-12,26H,7H2,1-3H3,(H,24,25,27). The molecule has 2 N–H and O–H groups in total. The molecule has 0 spiro atoms. The van der Waals surface area contributed by atoms with Gasteiger partial charge in [0, 0.05) is 24.1 Å². The normalized spacial score (nSPS) is 12.3. The molecule has 0 radical (unpaired) electrons. The number of ether oxygens (including phenoxy) is 2. The first-order chi connectivity index (χ1) is 14.0. The average molecular weight is 391 g/mol. The van der Waals surface area contributed by atoms with Gasteiger partial charge in [-0.3, -0.25) is 9.78 Å². The summed E-state index contributed by atoms with van der Waals surface area (Å²) < 4.78 is 10.6. The summed E-state index contributed by atoms with van der Waals surface area (Å²) in [5.41, 5.74) is 2.87. The summed E-state index contributed by atoms with van der Waals surface area (Å²) in [6.07, 6.45) is 1.64. The summed E-state index contributed by atoms with van der Waals surface area (Å²) in [4.78, 5) is 24.4. The van der Waals surface area contributed by atoms with Crippen molar-refractivity contribution in [2.45, 2.75) is 19.4 Å². The highest BCUT2D eigenvalue weighted by Gasteiger charge is 2.12. The highest BCUT2D eigenvalue weighted by Crippen LogP contribution is 2.30. The van der Waals surface area contributed by atoms with Crippen LogP contribution in [-0.4, -0.2) is 34.3 Å². The largest absolute Gasteiger partial charge is 0.493 e. The Labute approximate surface area is 167 Å². The zero-order valence-corrected chi connectivity index (χ0v) is 16.4. The van der Waals surface area contributed by atoms with E-state index in [2.05, 4.69) is 15.0 Å². The molecule has 148 valence electrons. The second kappa shape index (κ2) is 7.52. The van der Waals surface area contributed by atoms with Crippen molar-refractivity contribution in [1.82, 2.24) is 15.0 Å². The fourth-order valence-corrected chi connectivity index (χ4v) is 3.34. The fourth-order valence-electron chi connectivity index (χ4n) is 3.34. The molecule has 7 heteroatoms. The Morgan fingerprint density at radius 3 is 2.55 bits per heavy atom. The summed E-state index contributed by atoms with van der Waals surface area (Å²) in [5.74, 6) is 1.53. The van der Waals surface area contributed by atoms with E-state index in [1.165, 1.54) is 7.11 Å². The molecule has 0 saturated carbocycles. The third-order valence-electron chi connectivity index (χ3n) is 4.88. The highest BCUT2D eigenvalue weighted by atomic mass is 16.5. The Kier molecular flexibility index (Phi) is 4.90. The number of aromatic amines is 1. The molecule has 0 aliphatic heterocycles. The van der Waals surface area contributed by atoms with Gasteiger partial charge in [-0.15, -0.1) is 0 Å². The van der Waals surface area contributed by atoms with Crippen molar-refractivity contribution in [2.24, 2.45) is 0 Å². The van der Waals surface area contributed by atoms with Gasteiger partial charge in [0.05, 0.1) is 36.7 Å². The third kappa shape index (κ3) is 3.64. The van der Waals surface area contributed by atoms with E-state index in [-0.39, 0.29) is 5.56 Å². The lowest BCUT2D eigenvalue weighted by Gasteiger charge is -2.10. The molecule has 1 unspecified atom stereocenters. The average Bonchev–Trinajstić information content (AvgIpc) is 2.72. The molecular weight excluding hydrogens is 370 g/mol. The number of nitrogens with zero attached hydrogens (tertiary/aromatic N) is 2. The predicted molar refractivity (Wildman–Crippen MR) is 111 cm³/mol. The second-order valence-corrected chi connectivity index (χ2v) is 6.89. The molecule has 2 heterocycles. The van der Waals surface area contributed by atoms with E-state index in [0.29, 0.717) is 34.6 Å². The maximum Gasteiger partial charge on any atom is 0.258 e. The van der Waals surface area contributed by atoms with Crippen molar-refractivity contribution in [3.63, 3.8) is 0 Å². The molecule has 0 bridgehead atoms. The minimum atomic E-state index is -0.548. The van der Waals surface area contributed by atoms with Crippen LogP contribution in [0.1, 0.15) is 30.0 Å². The van der Waals surface area contributed by atoms with E-state index < -0.39 is 6.10 Å². The van der Waals surface area contributed by atoms with Gasteiger partial charge in [0.1, 0.15) is 5.82 Å². The minimum Gasteiger partial charge on any atom is -0.493 e. The molecule has 4 aromatic rings. The first-order valence-electron chi connectivity index (χ1n) is 9.20. The molecule has 29 heavy (non-hydrogen) atoms. The zero-order valence-electron chi connectivity index (χ0n) is 16.4. The van der Waals surface area contributed by atoms with Gasteiger partial charge in [0.15, 0.2) is 11.5 Å². The molecule has 7 nitrogen and oxygen atoms in total. The number of nitrogens with one attached hydrogen (secondary N) is 1. The van der Waals surface area contributed by atoms with Crippen LogP contribution in [0.15, 0.2) is 47.4 Å². The van der Waals surface area contributed by atoms with Crippen molar-refractivity contribution in [2.75, 3.05) is 14.2 Å². The van der Waals surface area contributed by atoms with Gasteiger partial charge in [-0.1, -0.05) is 6.07 Å². The van der Waals surface area contributed by atoms with Crippen LogP contribution < -0.4 is 15.0 Å². The number of rotatable bonds is 5. The Hall–Kier alpha value is -3.45. The van der Waals surface area contributed by atoms with Crippen molar-refractivity contribution >= 4 is 21.8 Å². The quantitative estimate of drug-likeness (QED) is 0.542. The van der Waals surface area contributed by atoms with Crippen molar-refractivity contribution < 1.29 is 14.6 Å². The first kappa shape index (κ1) is 18.9. The fraction of sp³-hybridized carbons (Fsp3) is 0.227. The number of fused-ring (bicyclic) bond motifs is 2. The van der Waals surface area contributed by atoms with E-state index in [0.717, 1.165) is 22.0 Å². The van der Waals surface area contributed by atoms with Gasteiger partial charge in [0.2, 0.25) is 0 Å². The first-order valence-corrected chi connectivity index (χ1v) is 9.20. The van der Waals surface area contributed by atoms with Crippen LogP contribution in [0.2, 0.25) is 0 Å². The van der Waals surface area contributed by atoms with Gasteiger partial charge >= 0.3 is 0 Å². The molecule has 2 aromatic carbocycles. The monoisotopic (exact) mass is 391 g/mol. The molecule has 2 aromatic heterocycles. The molecule has 0 aliphatic carbocycles. The third-order valence-corrected chi connectivity index (χ3v) is 4.88. The number of aliphatic hydroxyl groups is 1. The number of benzene rings is 2. The van der Waals surface area contributed by atoms with Crippen LogP contribution in [0.5, 0.6) is 11.5 Å². The number of hydrogen-bond donors (Lipinski definition) is 2. The van der Waals surface area contributed by atoms with Crippen LogP contribution in [0, 0.1) is 0 Å². The Balaban J connectivity index is 1.74. The van der Waals surface area contributed by atoms with Crippen LogP contribution in [0.3, 0.4) is 0 Å². The van der Waals surface area contributed by atoms with Crippen LogP contribution in [-0.2, 0) is 6.42 Å². The summed E-state index contributed by atoms with van der Waals surface area (Å²) in [7, 11) is 3.06. The SMILES string of the molecule is COc1cc2nc(Cc3cnc4ccc(C(C)O)cc4c3)[nH]c(=O)c2cc1OC. The number of methoxy groups -OCH3 is 2. The maximum absolute atomic E-state index is 12.6. The highest BCUT2D eigenvalue weighted by molar-refractivity contribution is 5.82. The lowest BCUT2D eigenvalue weighted by Crippen LogP contribution is -2.12. The van der Waals surface area contributed by atoms with Crippen LogP contribution >= 0.6 is 0 Å². The van der Waals surface area contributed by atoms with E-state index in [9.17, 15) is 9.90 Å². The lowest BCUT2D eigenvalue weighted by molar-refractivity contribution is 0.199. The Bertz CT molecular complexity index is 1260. The van der Waals surface area contributed by atoms with E-state index in [1.807, 2.05) is 24.3 Å². The van der Waals surface area contributed by atoms with Gasteiger partial charge < -0.3 is 19.6 Å². The molecular formula is C22H21N3O4. The van der Waals surface area contributed by atoms with E-state index >= 15 is 0 Å². The van der Waals surface area contributed by atoms with Gasteiger partial charge in [0.25, 0.3) is 5.56 Å². The molecule has 4 rings (SSSR count). The lowest BCUT2D eigenvalue weighted by atomic mass is 10.0. The zero-order chi connectivity index (χ0) is 20.5. The smallest absolute Gasteiger partial charge is 0.258 e. The number of aromatic nitrogens is 3. The number of aliphatic hydroxyl groups excluding tert-OH is 1. The second-order valence-electron chi connectivity index (χ2n) is 6.89. The number of H-pyrrole nitrogens is 1. The summed E-state index contributed by atoms with van der Waals surface area (Å²) in [5, 5.41) is 11.2. The van der Waals surface area contributed by atoms with Crippen LogP contribution in [0.25, 0.3) is 21.8 Å². The maximum atomic E-state index is 12.6. The van der Waals surface area contributed by atoms with E-state index in [1.54, 1.807) is 32.4 Å². The van der Waals surface area contributed by atoms with Crippen molar-refractivity contribution in [1.29, 1.82) is 0 Å². The summed E-state index contributed by atoms with van der Waals surface area (Å²) >= 11 is 0. The predicted octanol–water partition coefficient (Wildman–Crippen LogP) is 3.13. The summed E-state index contributed by atoms with van der Waals surface area (Å²) in [6.45, 7) is 1.73. The number of hydrogen-bond acceptors (Lipinski definition) is 6. The molecule has 1 atom stereocenters. The Morgan fingerprint density at radius 2 is 1.83 bits per heavy atom. The van der Waals surface area contributed by atoms with Gasteiger partial charge in [-0.05, 0) is 42.3 Å². The van der Waals surface area contributed by atoms with Crippen molar-refractivity contribution in [3.05, 3.63) is 69.9 Å².